The number of hydrogen-bond donors (Lipinski definition) is 2. The first kappa shape index (κ1) is 23.0. The highest BCUT2D eigenvalue weighted by Crippen LogP contribution is 2.38. The highest BCUT2D eigenvalue weighted by atomic mass is 16.5. The third-order valence-corrected chi connectivity index (χ3v) is 6.39. The molecule has 1 heterocycles. The van der Waals surface area contributed by atoms with Crippen molar-refractivity contribution in [3.05, 3.63) is 41.7 Å². The van der Waals surface area contributed by atoms with Gasteiger partial charge in [0.15, 0.2) is 0 Å². The molecular weight excluding hydrogens is 394 g/mol. The molecule has 7 nitrogen and oxygen atoms in total. The van der Waals surface area contributed by atoms with Crippen LogP contribution in [0.3, 0.4) is 0 Å². The van der Waals surface area contributed by atoms with E-state index in [1.54, 1.807) is 0 Å². The Morgan fingerprint density at radius 3 is 2.71 bits per heavy atom. The first-order chi connectivity index (χ1) is 14.8. The zero-order chi connectivity index (χ0) is 22.5. The number of allylic oxidation sites excluding steroid dienone is 1. The molecule has 1 aliphatic rings. The van der Waals surface area contributed by atoms with E-state index in [-0.39, 0.29) is 18.4 Å². The molecule has 0 saturated carbocycles. The molecular formula is C24H33N3O4. The van der Waals surface area contributed by atoms with Crippen LogP contribution in [-0.2, 0) is 27.8 Å². The van der Waals surface area contributed by atoms with Crippen molar-refractivity contribution in [1.29, 1.82) is 0 Å². The zero-order valence-corrected chi connectivity index (χ0v) is 18.8. The van der Waals surface area contributed by atoms with E-state index in [9.17, 15) is 9.59 Å². The minimum atomic E-state index is -1.08. The second-order valence-corrected chi connectivity index (χ2v) is 8.89. The number of carboxylic acid groups (broad SMARTS) is 1. The number of imidazole rings is 1. The van der Waals surface area contributed by atoms with Gasteiger partial charge >= 0.3 is 5.97 Å². The molecule has 168 valence electrons. The van der Waals surface area contributed by atoms with E-state index < -0.39 is 12.6 Å². The van der Waals surface area contributed by atoms with E-state index >= 15 is 0 Å². The molecule has 3 atom stereocenters. The average molecular weight is 428 g/mol. The Kier molecular flexibility index (Phi) is 7.49. The van der Waals surface area contributed by atoms with E-state index in [1.165, 1.54) is 5.57 Å². The average Bonchev–Trinajstić information content (AvgIpc) is 3.03. The number of rotatable bonds is 9. The van der Waals surface area contributed by atoms with Gasteiger partial charge in [-0.05, 0) is 49.1 Å². The summed E-state index contributed by atoms with van der Waals surface area (Å²) in [5.41, 5.74) is 3.52. The summed E-state index contributed by atoms with van der Waals surface area (Å²) in [6, 6.07) is 8.22. The number of carbonyl (C=O) groups excluding carboxylic acids is 1. The summed E-state index contributed by atoms with van der Waals surface area (Å²) >= 11 is 0. The summed E-state index contributed by atoms with van der Waals surface area (Å²) in [6.45, 7) is 6.48. The first-order valence-electron chi connectivity index (χ1n) is 10.9. The van der Waals surface area contributed by atoms with Crippen molar-refractivity contribution >= 4 is 22.9 Å². The maximum atomic E-state index is 12.0. The molecule has 7 heteroatoms. The third kappa shape index (κ3) is 5.73. The maximum Gasteiger partial charge on any atom is 0.329 e. The minimum absolute atomic E-state index is 0.233. The molecule has 1 aliphatic carbocycles. The van der Waals surface area contributed by atoms with Gasteiger partial charge < -0.3 is 19.7 Å². The van der Waals surface area contributed by atoms with Crippen LogP contribution in [0.25, 0.3) is 11.0 Å². The summed E-state index contributed by atoms with van der Waals surface area (Å²) in [7, 11) is 2.08. The van der Waals surface area contributed by atoms with Crippen molar-refractivity contribution in [3.8, 4) is 0 Å². The second kappa shape index (κ2) is 10.1. The Labute approximate surface area is 183 Å². The minimum Gasteiger partial charge on any atom is -0.480 e. The van der Waals surface area contributed by atoms with Gasteiger partial charge in [-0.1, -0.05) is 37.6 Å². The molecule has 1 aromatic carbocycles. The van der Waals surface area contributed by atoms with Crippen LogP contribution in [0.4, 0.5) is 0 Å². The van der Waals surface area contributed by atoms with E-state index in [2.05, 4.69) is 55.9 Å². The topological polar surface area (TPSA) is 93.4 Å². The summed E-state index contributed by atoms with van der Waals surface area (Å²) in [5, 5.41) is 11.5. The number of hydrogen-bond acceptors (Lipinski definition) is 4. The summed E-state index contributed by atoms with van der Waals surface area (Å²) < 4.78 is 7.07. The van der Waals surface area contributed by atoms with Gasteiger partial charge in [0.1, 0.15) is 19.0 Å². The van der Waals surface area contributed by atoms with E-state index in [4.69, 9.17) is 14.8 Å². The summed E-state index contributed by atoms with van der Waals surface area (Å²) in [6.07, 6.45) is 4.26. The van der Waals surface area contributed by atoms with E-state index in [0.29, 0.717) is 24.3 Å². The van der Waals surface area contributed by atoms with Gasteiger partial charge in [0.05, 0.1) is 11.0 Å². The van der Waals surface area contributed by atoms with E-state index in [0.717, 1.165) is 29.7 Å². The molecule has 0 bridgehead atoms. The highest BCUT2D eigenvalue weighted by Gasteiger charge is 2.32. The van der Waals surface area contributed by atoms with Crippen LogP contribution in [0.15, 0.2) is 35.9 Å². The molecule has 0 fully saturated rings. The number of carbonyl (C=O) groups is 2. The molecule has 2 aromatic rings. The zero-order valence-electron chi connectivity index (χ0n) is 18.8. The Balaban J connectivity index is 1.66. The Hall–Kier alpha value is -2.67. The number of nitrogens with one attached hydrogen (secondary N) is 1. The lowest BCUT2D eigenvalue weighted by Crippen LogP contribution is -2.38. The van der Waals surface area contributed by atoms with Crippen LogP contribution in [0.1, 0.15) is 33.0 Å². The Bertz CT molecular complexity index is 963. The number of ether oxygens (including phenoxy) is 1. The summed E-state index contributed by atoms with van der Waals surface area (Å²) in [5.74, 6) is 1.35. The quantitative estimate of drug-likeness (QED) is 0.600. The number of aryl methyl sites for hydroxylation is 1. The lowest BCUT2D eigenvalue weighted by molar-refractivity contribution is -0.143. The van der Waals surface area contributed by atoms with Crippen LogP contribution in [0.2, 0.25) is 0 Å². The molecule has 0 spiro atoms. The number of benzene rings is 1. The van der Waals surface area contributed by atoms with Crippen molar-refractivity contribution in [3.63, 3.8) is 0 Å². The molecule has 0 radical (unpaired) electrons. The van der Waals surface area contributed by atoms with Crippen LogP contribution in [-0.4, -0.2) is 46.3 Å². The van der Waals surface area contributed by atoms with Crippen LogP contribution in [0.5, 0.6) is 0 Å². The smallest absolute Gasteiger partial charge is 0.329 e. The van der Waals surface area contributed by atoms with Gasteiger partial charge in [-0.2, -0.15) is 0 Å². The molecule has 1 aromatic heterocycles. The van der Waals surface area contributed by atoms with Gasteiger partial charge in [0.25, 0.3) is 0 Å². The predicted molar refractivity (Wildman–Crippen MR) is 120 cm³/mol. The highest BCUT2D eigenvalue weighted by molar-refractivity contribution is 5.77. The van der Waals surface area contributed by atoms with Gasteiger partial charge in [0, 0.05) is 20.0 Å². The number of amides is 1. The number of para-hydroxylation sites is 2. The van der Waals surface area contributed by atoms with Crippen LogP contribution < -0.4 is 5.32 Å². The molecule has 31 heavy (non-hydrogen) atoms. The van der Waals surface area contributed by atoms with Crippen molar-refractivity contribution in [2.45, 2.75) is 33.6 Å². The molecule has 3 unspecified atom stereocenters. The van der Waals surface area contributed by atoms with Crippen molar-refractivity contribution < 1.29 is 19.4 Å². The van der Waals surface area contributed by atoms with Crippen LogP contribution >= 0.6 is 0 Å². The fraction of sp³-hybridized carbons (Fsp3) is 0.542. The van der Waals surface area contributed by atoms with Crippen molar-refractivity contribution in [2.75, 3.05) is 19.8 Å². The molecule has 1 amide bonds. The van der Waals surface area contributed by atoms with Crippen LogP contribution in [0, 0.1) is 23.7 Å². The maximum absolute atomic E-state index is 12.0. The fourth-order valence-corrected chi connectivity index (χ4v) is 4.62. The Morgan fingerprint density at radius 2 is 2.03 bits per heavy atom. The van der Waals surface area contributed by atoms with Gasteiger partial charge in [-0.3, -0.25) is 4.79 Å². The third-order valence-electron chi connectivity index (χ3n) is 6.39. The lowest BCUT2D eigenvalue weighted by atomic mass is 9.69. The number of fused-ring (bicyclic) bond motifs is 1. The normalized spacial score (nSPS) is 21.3. The predicted octanol–water partition coefficient (Wildman–Crippen LogP) is 3.19. The second-order valence-electron chi connectivity index (χ2n) is 8.89. The van der Waals surface area contributed by atoms with E-state index in [1.807, 2.05) is 12.1 Å². The molecule has 2 N–H and O–H groups in total. The largest absolute Gasteiger partial charge is 0.480 e. The first-order valence-corrected chi connectivity index (χ1v) is 10.9. The molecule has 3 rings (SSSR count). The Morgan fingerprint density at radius 1 is 1.29 bits per heavy atom. The SMILES string of the molecule is CC1=CC(CNC(=O)COCC(=O)O)C(C(C)C)CC1Cc1nc2ccccc2n1C. The fourth-order valence-electron chi connectivity index (χ4n) is 4.62. The van der Waals surface area contributed by atoms with Gasteiger partial charge in [0.2, 0.25) is 5.91 Å². The van der Waals surface area contributed by atoms with Gasteiger partial charge in [-0.15, -0.1) is 0 Å². The monoisotopic (exact) mass is 427 g/mol. The number of nitrogens with zero attached hydrogens (tertiary/aromatic N) is 2. The summed E-state index contributed by atoms with van der Waals surface area (Å²) in [4.78, 5) is 27.3. The molecule has 0 saturated heterocycles. The number of carboxylic acids is 1. The standard InChI is InChI=1S/C24H33N3O4/c1-15(2)19-10-17(11-22-26-20-7-5-6-8-21(20)27(22)4)16(3)9-18(19)12-25-23(28)13-31-14-24(29)30/h5-9,15,17-19H,10-14H2,1-4H3,(H,25,28)(H,29,30). The number of aliphatic carboxylic acids is 1. The molecule has 0 aliphatic heterocycles. The lowest BCUT2D eigenvalue weighted by Gasteiger charge is -2.37. The number of aromatic nitrogens is 2. The van der Waals surface area contributed by atoms with Crippen molar-refractivity contribution in [2.24, 2.45) is 30.7 Å². The van der Waals surface area contributed by atoms with Gasteiger partial charge in [-0.25, -0.2) is 9.78 Å². The van der Waals surface area contributed by atoms with Crippen molar-refractivity contribution in [1.82, 2.24) is 14.9 Å².